The van der Waals surface area contributed by atoms with Gasteiger partial charge in [-0.3, -0.25) is 4.79 Å². The Morgan fingerprint density at radius 1 is 1.43 bits per heavy atom. The number of ether oxygens (including phenoxy) is 1. The Morgan fingerprint density at radius 2 is 2.07 bits per heavy atom. The van der Waals surface area contributed by atoms with Gasteiger partial charge < -0.3 is 10.5 Å². The molecule has 0 fully saturated rings. The summed E-state index contributed by atoms with van der Waals surface area (Å²) in [6.45, 7) is 3.71. The molecule has 74 valence electrons. The zero-order chi connectivity index (χ0) is 10.7. The highest BCUT2D eigenvalue weighted by Gasteiger charge is 2.07. The molecule has 0 radical (unpaired) electrons. The number of aldehydes is 1. The Balaban J connectivity index is 3.16. The Labute approximate surface area is 87.9 Å². The molecule has 4 heteroatoms. The van der Waals surface area contributed by atoms with Gasteiger partial charge in [0.2, 0.25) is 0 Å². The van der Waals surface area contributed by atoms with Crippen LogP contribution in [0.25, 0.3) is 0 Å². The van der Waals surface area contributed by atoms with E-state index in [1.807, 2.05) is 13.8 Å². The minimum absolute atomic E-state index is 0.0219. The molecule has 0 saturated carbocycles. The Hall–Kier alpha value is -1.42. The number of nitrogens with two attached hydrogens (primary N) is 1. The van der Waals surface area contributed by atoms with Crippen molar-refractivity contribution in [3.8, 4) is 5.75 Å². The van der Waals surface area contributed by atoms with E-state index in [0.29, 0.717) is 11.3 Å². The molecule has 0 atom stereocenters. The molecule has 0 heterocycles. The predicted molar refractivity (Wildman–Crippen MR) is 58.7 cm³/mol. The van der Waals surface area contributed by atoms with Crippen molar-refractivity contribution < 1.29 is 9.53 Å². The molecule has 1 aromatic carbocycles. The van der Waals surface area contributed by atoms with Crippen molar-refractivity contribution in [2.75, 3.05) is 0 Å². The smallest absolute Gasteiger partial charge is 0.259 e. The highest BCUT2D eigenvalue weighted by atomic mass is 32.1. The fraction of sp³-hybridized carbons (Fsp3) is 0.200. The van der Waals surface area contributed by atoms with Gasteiger partial charge in [0, 0.05) is 5.56 Å². The van der Waals surface area contributed by atoms with Gasteiger partial charge in [0.25, 0.3) is 5.17 Å². The molecule has 0 aliphatic rings. The van der Waals surface area contributed by atoms with Crippen molar-refractivity contribution in [1.29, 1.82) is 0 Å². The molecular formula is C10H11NO2S. The fourth-order valence-electron chi connectivity index (χ4n) is 1.16. The molecule has 0 aromatic heterocycles. The molecule has 14 heavy (non-hydrogen) atoms. The Bertz CT molecular complexity index is 388. The van der Waals surface area contributed by atoms with Crippen molar-refractivity contribution >= 4 is 23.7 Å². The zero-order valence-electron chi connectivity index (χ0n) is 8.03. The predicted octanol–water partition coefficient (Wildman–Crippen LogP) is 1.74. The monoisotopic (exact) mass is 209 g/mol. The number of hydrogen-bond donors (Lipinski definition) is 1. The topological polar surface area (TPSA) is 52.3 Å². The van der Waals surface area contributed by atoms with E-state index in [1.54, 1.807) is 12.1 Å². The lowest BCUT2D eigenvalue weighted by atomic mass is 10.0. The van der Waals surface area contributed by atoms with E-state index in [2.05, 4.69) is 12.2 Å². The standard InChI is InChI=1S/C10H11NO2S/c1-6-7(2)9(13-10(11)14)4-3-8(6)5-12/h3-5H,1-2H3,(H2,11,14). The molecule has 0 aliphatic heterocycles. The molecule has 0 aliphatic carbocycles. The maximum atomic E-state index is 10.6. The second-order valence-electron chi connectivity index (χ2n) is 2.94. The average Bonchev–Trinajstić information content (AvgIpc) is 2.13. The third-order valence-electron chi connectivity index (χ3n) is 2.12. The van der Waals surface area contributed by atoms with Crippen LogP contribution >= 0.6 is 12.2 Å². The summed E-state index contributed by atoms with van der Waals surface area (Å²) in [4.78, 5) is 10.6. The summed E-state index contributed by atoms with van der Waals surface area (Å²) in [7, 11) is 0. The summed E-state index contributed by atoms with van der Waals surface area (Å²) in [6, 6.07) is 3.37. The molecule has 0 saturated heterocycles. The normalized spacial score (nSPS) is 9.57. The molecule has 0 bridgehead atoms. The van der Waals surface area contributed by atoms with Gasteiger partial charge in [-0.25, -0.2) is 0 Å². The third-order valence-corrected chi connectivity index (χ3v) is 2.20. The number of carbonyl (C=O) groups excluding carboxylic acids is 1. The Kier molecular flexibility index (Phi) is 3.19. The maximum Gasteiger partial charge on any atom is 0.259 e. The van der Waals surface area contributed by atoms with Gasteiger partial charge in [0.15, 0.2) is 0 Å². The van der Waals surface area contributed by atoms with Gasteiger partial charge in [-0.1, -0.05) is 0 Å². The lowest BCUT2D eigenvalue weighted by Crippen LogP contribution is -2.16. The van der Waals surface area contributed by atoms with Gasteiger partial charge in [0.1, 0.15) is 12.0 Å². The van der Waals surface area contributed by atoms with Crippen LogP contribution in [0.2, 0.25) is 0 Å². The van der Waals surface area contributed by atoms with Crippen LogP contribution < -0.4 is 10.5 Å². The lowest BCUT2D eigenvalue weighted by Gasteiger charge is -2.10. The van der Waals surface area contributed by atoms with Gasteiger partial charge in [0.05, 0.1) is 0 Å². The first-order valence-electron chi connectivity index (χ1n) is 4.09. The van der Waals surface area contributed by atoms with Crippen LogP contribution in [0.3, 0.4) is 0 Å². The second kappa shape index (κ2) is 4.19. The first kappa shape index (κ1) is 10.7. The van der Waals surface area contributed by atoms with Gasteiger partial charge in [-0.2, -0.15) is 0 Å². The van der Waals surface area contributed by atoms with Crippen LogP contribution in [0.4, 0.5) is 0 Å². The second-order valence-corrected chi connectivity index (χ2v) is 3.34. The van der Waals surface area contributed by atoms with Crippen molar-refractivity contribution in [2.45, 2.75) is 13.8 Å². The van der Waals surface area contributed by atoms with Gasteiger partial charge >= 0.3 is 0 Å². The minimum Gasteiger partial charge on any atom is -0.432 e. The maximum absolute atomic E-state index is 10.6. The summed E-state index contributed by atoms with van der Waals surface area (Å²) in [5, 5.41) is -0.0219. The lowest BCUT2D eigenvalue weighted by molar-refractivity contribution is 0.112. The molecule has 2 N–H and O–H groups in total. The van der Waals surface area contributed by atoms with Crippen molar-refractivity contribution in [2.24, 2.45) is 5.73 Å². The first-order valence-corrected chi connectivity index (χ1v) is 4.49. The zero-order valence-corrected chi connectivity index (χ0v) is 8.85. The summed E-state index contributed by atoms with van der Waals surface area (Å²) in [5.41, 5.74) is 7.66. The number of thiocarbonyl (C=S) groups is 1. The van der Waals surface area contributed by atoms with Crippen molar-refractivity contribution in [1.82, 2.24) is 0 Å². The number of rotatable bonds is 2. The van der Waals surface area contributed by atoms with Crippen LogP contribution in [0.1, 0.15) is 21.5 Å². The molecule has 1 rings (SSSR count). The Morgan fingerprint density at radius 3 is 2.57 bits per heavy atom. The third kappa shape index (κ3) is 2.09. The highest BCUT2D eigenvalue weighted by molar-refractivity contribution is 7.80. The molecule has 3 nitrogen and oxygen atoms in total. The van der Waals surface area contributed by atoms with E-state index < -0.39 is 0 Å². The van der Waals surface area contributed by atoms with E-state index in [9.17, 15) is 4.79 Å². The van der Waals surface area contributed by atoms with Crippen LogP contribution in [-0.4, -0.2) is 11.5 Å². The van der Waals surface area contributed by atoms with Crippen LogP contribution in [0.15, 0.2) is 12.1 Å². The minimum atomic E-state index is -0.0219. The number of hydrogen-bond acceptors (Lipinski definition) is 3. The molecule has 1 aromatic rings. The average molecular weight is 209 g/mol. The summed E-state index contributed by atoms with van der Waals surface area (Å²) < 4.78 is 5.12. The fourth-order valence-corrected chi connectivity index (χ4v) is 1.25. The van der Waals surface area contributed by atoms with E-state index in [1.165, 1.54) is 0 Å². The van der Waals surface area contributed by atoms with Crippen LogP contribution in [-0.2, 0) is 0 Å². The summed E-state index contributed by atoms with van der Waals surface area (Å²) >= 11 is 4.63. The van der Waals surface area contributed by atoms with E-state index >= 15 is 0 Å². The molecule has 0 spiro atoms. The van der Waals surface area contributed by atoms with E-state index in [4.69, 9.17) is 10.5 Å². The summed E-state index contributed by atoms with van der Waals surface area (Å²) in [6.07, 6.45) is 0.812. The highest BCUT2D eigenvalue weighted by Crippen LogP contribution is 2.23. The molecular weight excluding hydrogens is 198 g/mol. The van der Waals surface area contributed by atoms with E-state index in [-0.39, 0.29) is 5.17 Å². The summed E-state index contributed by atoms with van der Waals surface area (Å²) in [5.74, 6) is 0.598. The van der Waals surface area contributed by atoms with Gasteiger partial charge in [-0.05, 0) is 49.3 Å². The molecule has 0 unspecified atom stereocenters. The largest absolute Gasteiger partial charge is 0.432 e. The van der Waals surface area contributed by atoms with Gasteiger partial charge in [-0.15, -0.1) is 0 Å². The number of carbonyl (C=O) groups is 1. The quantitative estimate of drug-likeness (QED) is 0.595. The molecule has 0 amide bonds. The van der Waals surface area contributed by atoms with Crippen LogP contribution in [0, 0.1) is 13.8 Å². The van der Waals surface area contributed by atoms with E-state index in [0.717, 1.165) is 17.4 Å². The van der Waals surface area contributed by atoms with Crippen LogP contribution in [0.5, 0.6) is 5.75 Å². The number of benzene rings is 1. The van der Waals surface area contributed by atoms with Crippen molar-refractivity contribution in [3.63, 3.8) is 0 Å². The SMILES string of the molecule is Cc1c(C=O)ccc(OC(N)=S)c1C. The van der Waals surface area contributed by atoms with Crippen molar-refractivity contribution in [3.05, 3.63) is 28.8 Å². The first-order chi connectivity index (χ1) is 6.56.